The summed E-state index contributed by atoms with van der Waals surface area (Å²) in [5.74, 6) is 6.96. The van der Waals surface area contributed by atoms with Gasteiger partial charge >= 0.3 is 0 Å². The summed E-state index contributed by atoms with van der Waals surface area (Å²) in [5, 5.41) is 25.9. The van der Waals surface area contributed by atoms with Crippen LogP contribution in [0.4, 0.5) is 5.69 Å². The zero-order valence-corrected chi connectivity index (χ0v) is 28.3. The minimum Gasteiger partial charge on any atom is -0.392 e. The van der Waals surface area contributed by atoms with Gasteiger partial charge in [0.05, 0.1) is 18.7 Å². The first-order chi connectivity index (χ1) is 22.7. The Labute approximate surface area is 283 Å². The quantitative estimate of drug-likeness (QED) is 0.126. The van der Waals surface area contributed by atoms with Crippen molar-refractivity contribution in [2.45, 2.75) is 65.5 Å². The summed E-state index contributed by atoms with van der Waals surface area (Å²) in [7, 11) is 0. The molecule has 1 aliphatic rings. The molecule has 3 heterocycles. The number of rotatable bonds is 11. The van der Waals surface area contributed by atoms with E-state index >= 15 is 0 Å². The highest BCUT2D eigenvalue weighted by molar-refractivity contribution is 7.15. The Morgan fingerprint density at radius 2 is 1.87 bits per heavy atom. The number of thiophene rings is 1. The minimum absolute atomic E-state index is 0.0262. The number of anilines is 1. The van der Waals surface area contributed by atoms with Crippen LogP contribution in [-0.2, 0) is 16.2 Å². The molecule has 244 valence electrons. The van der Waals surface area contributed by atoms with Crippen molar-refractivity contribution in [1.29, 1.82) is 0 Å². The smallest absolute Gasteiger partial charge is 0.226 e. The average Bonchev–Trinajstić information content (AvgIpc) is 3.53. The summed E-state index contributed by atoms with van der Waals surface area (Å²) < 4.78 is 2.00. The Hall–Kier alpha value is -4.34. The predicted molar refractivity (Wildman–Crippen MR) is 186 cm³/mol. The molecule has 1 aliphatic heterocycles. The average molecular weight is 672 g/mol. The third-order valence-corrected chi connectivity index (χ3v) is 9.39. The van der Waals surface area contributed by atoms with E-state index < -0.39 is 6.04 Å². The second-order valence-electron chi connectivity index (χ2n) is 11.3. The summed E-state index contributed by atoms with van der Waals surface area (Å²) in [6, 6.07) is 12.2. The van der Waals surface area contributed by atoms with Crippen molar-refractivity contribution in [3.8, 4) is 16.8 Å². The molecular formula is C35H38ClN7O3S. The number of carbonyl (C=O) groups excluding carboxylic acids is 2. The number of unbranched alkanes of at least 4 members (excludes halogenated alkanes) is 2. The molecule has 0 radical (unpaired) electrons. The number of nitrogens with zero attached hydrogens (tertiary/aromatic N) is 4. The zero-order chi connectivity index (χ0) is 33.5. The van der Waals surface area contributed by atoms with Gasteiger partial charge in [-0.1, -0.05) is 35.6 Å². The molecule has 0 saturated carbocycles. The van der Waals surface area contributed by atoms with Gasteiger partial charge in [0.1, 0.15) is 16.9 Å². The number of benzene rings is 2. The number of fused-ring (bicyclic) bond motifs is 3. The number of nitrogens with two attached hydrogens (primary N) is 1. The number of carbonyl (C=O) groups is 2. The van der Waals surface area contributed by atoms with Crippen LogP contribution in [0.15, 0.2) is 47.5 Å². The predicted octanol–water partition coefficient (Wildman–Crippen LogP) is 5.31. The van der Waals surface area contributed by atoms with Crippen molar-refractivity contribution in [2.24, 2.45) is 10.7 Å². The first kappa shape index (κ1) is 34.0. The lowest BCUT2D eigenvalue weighted by molar-refractivity contribution is -0.121. The van der Waals surface area contributed by atoms with Crippen molar-refractivity contribution in [3.63, 3.8) is 0 Å². The van der Waals surface area contributed by atoms with Crippen molar-refractivity contribution in [2.75, 3.05) is 18.4 Å². The van der Waals surface area contributed by atoms with Crippen molar-refractivity contribution >= 4 is 46.2 Å². The highest BCUT2D eigenvalue weighted by atomic mass is 35.5. The van der Waals surface area contributed by atoms with Crippen LogP contribution >= 0.6 is 22.9 Å². The fourth-order valence-corrected chi connectivity index (χ4v) is 6.70. The van der Waals surface area contributed by atoms with Crippen molar-refractivity contribution in [3.05, 3.63) is 91.8 Å². The van der Waals surface area contributed by atoms with Gasteiger partial charge in [0.25, 0.3) is 0 Å². The SMILES string of the molecule is Cc1sc2c(c1C)C(c1ccc(Cl)cc1)=N[C@@H](CC(=O)NCCC(=O)Nc1ccc(C#CCCCCN)c(CO)c1)c1nnc(C)n1-2. The molecule has 47 heavy (non-hydrogen) atoms. The Kier molecular flexibility index (Phi) is 11.2. The van der Waals surface area contributed by atoms with Crippen LogP contribution < -0.4 is 16.4 Å². The highest BCUT2D eigenvalue weighted by Gasteiger charge is 2.32. The van der Waals surface area contributed by atoms with Gasteiger partial charge in [-0.25, -0.2) is 0 Å². The van der Waals surface area contributed by atoms with E-state index in [-0.39, 0.29) is 37.8 Å². The Morgan fingerprint density at radius 1 is 1.09 bits per heavy atom. The number of halogens is 1. The molecule has 0 bridgehead atoms. The summed E-state index contributed by atoms with van der Waals surface area (Å²) in [6.45, 7) is 6.63. The van der Waals surface area contributed by atoms with E-state index in [9.17, 15) is 14.7 Å². The van der Waals surface area contributed by atoms with Crippen LogP contribution in [0.5, 0.6) is 0 Å². The third kappa shape index (κ3) is 7.97. The molecule has 2 aromatic heterocycles. The molecule has 5 N–H and O–H groups in total. The Morgan fingerprint density at radius 3 is 2.62 bits per heavy atom. The number of aliphatic hydroxyl groups is 1. The van der Waals surface area contributed by atoms with Crippen LogP contribution in [0.2, 0.25) is 5.02 Å². The number of aliphatic imine (C=N–C) groups is 1. The van der Waals surface area contributed by atoms with E-state index in [1.54, 1.807) is 29.5 Å². The van der Waals surface area contributed by atoms with Gasteiger partial charge in [-0.2, -0.15) is 0 Å². The molecule has 5 rings (SSSR count). The van der Waals surface area contributed by atoms with Gasteiger partial charge in [-0.15, -0.1) is 21.5 Å². The first-order valence-corrected chi connectivity index (χ1v) is 16.7. The van der Waals surface area contributed by atoms with E-state index in [2.05, 4.69) is 46.5 Å². The Bertz CT molecular complexity index is 1870. The maximum Gasteiger partial charge on any atom is 0.226 e. The maximum atomic E-state index is 13.2. The van der Waals surface area contributed by atoms with Gasteiger partial charge < -0.3 is 21.5 Å². The van der Waals surface area contributed by atoms with E-state index in [1.807, 2.05) is 35.8 Å². The van der Waals surface area contributed by atoms with E-state index in [0.29, 0.717) is 34.5 Å². The number of amides is 2. The topological polar surface area (TPSA) is 148 Å². The molecule has 2 amide bonds. The summed E-state index contributed by atoms with van der Waals surface area (Å²) in [4.78, 5) is 32.2. The normalized spacial score (nSPS) is 13.5. The third-order valence-electron chi connectivity index (χ3n) is 7.95. The number of aliphatic hydroxyl groups excluding tert-OH is 1. The molecule has 4 aromatic rings. The molecule has 0 spiro atoms. The van der Waals surface area contributed by atoms with E-state index in [4.69, 9.17) is 22.3 Å². The number of aromatic nitrogens is 3. The number of nitrogens with one attached hydrogen (secondary N) is 2. The molecule has 0 fully saturated rings. The molecular weight excluding hydrogens is 634 g/mol. The zero-order valence-electron chi connectivity index (χ0n) is 26.7. The lowest BCUT2D eigenvalue weighted by Gasteiger charge is -2.13. The summed E-state index contributed by atoms with van der Waals surface area (Å²) in [5.41, 5.74) is 11.2. The molecule has 12 heteroatoms. The molecule has 0 unspecified atom stereocenters. The Balaban J connectivity index is 1.25. The minimum atomic E-state index is -0.603. The largest absolute Gasteiger partial charge is 0.392 e. The van der Waals surface area contributed by atoms with Gasteiger partial charge in [-0.3, -0.25) is 19.1 Å². The highest BCUT2D eigenvalue weighted by Crippen LogP contribution is 2.39. The van der Waals surface area contributed by atoms with Gasteiger partial charge in [-0.05, 0) is 81.6 Å². The van der Waals surface area contributed by atoms with E-state index in [0.717, 1.165) is 57.1 Å². The van der Waals surface area contributed by atoms with Crippen LogP contribution in [0.25, 0.3) is 5.00 Å². The lowest BCUT2D eigenvalue weighted by Crippen LogP contribution is -2.29. The van der Waals surface area contributed by atoms with Crippen molar-refractivity contribution in [1.82, 2.24) is 20.1 Å². The summed E-state index contributed by atoms with van der Waals surface area (Å²) in [6.07, 6.45) is 2.68. The van der Waals surface area contributed by atoms with Crippen LogP contribution in [0.3, 0.4) is 0 Å². The molecule has 0 aliphatic carbocycles. The van der Waals surface area contributed by atoms with Crippen LogP contribution in [-0.4, -0.2) is 50.5 Å². The second kappa shape index (κ2) is 15.5. The maximum absolute atomic E-state index is 13.2. The number of hydrogen-bond donors (Lipinski definition) is 4. The molecule has 2 aromatic carbocycles. The molecule has 10 nitrogen and oxygen atoms in total. The fourth-order valence-electron chi connectivity index (χ4n) is 5.36. The molecule has 1 atom stereocenters. The van der Waals surface area contributed by atoms with Crippen molar-refractivity contribution < 1.29 is 14.7 Å². The number of hydrogen-bond acceptors (Lipinski definition) is 8. The molecule has 0 saturated heterocycles. The first-order valence-electron chi connectivity index (χ1n) is 15.6. The van der Waals surface area contributed by atoms with Crippen LogP contribution in [0, 0.1) is 32.6 Å². The lowest BCUT2D eigenvalue weighted by atomic mass is 9.99. The van der Waals surface area contributed by atoms with Gasteiger partial charge in [0.15, 0.2) is 5.82 Å². The monoisotopic (exact) mass is 671 g/mol. The standard InChI is InChI=1S/C35H38ClN7O3S/c1-21-22(2)47-35-32(21)33(25-9-12-27(36)13-10-25)40-29(34-42-41-23(3)43(34)35)19-31(46)38-17-15-30(45)39-28-14-11-24(26(18-28)20-44)8-6-4-5-7-16-37/h9-14,18,29,44H,4-5,7,15-17,19-20,37H2,1-3H3,(H,38,46)(H,39,45)/t29-/m0/s1. The fraction of sp³-hybridized carbons (Fsp3) is 0.343. The van der Waals surface area contributed by atoms with E-state index in [1.165, 1.54) is 0 Å². The number of aryl methyl sites for hydroxylation is 2. The summed E-state index contributed by atoms with van der Waals surface area (Å²) >= 11 is 7.85. The second-order valence-corrected chi connectivity index (χ2v) is 13.0. The van der Waals surface area contributed by atoms with Gasteiger partial charge in [0, 0.05) is 51.7 Å². The van der Waals surface area contributed by atoms with Gasteiger partial charge in [0.2, 0.25) is 11.8 Å². The van der Waals surface area contributed by atoms with Crippen LogP contribution in [0.1, 0.15) is 82.5 Å².